The van der Waals surface area contributed by atoms with Gasteiger partial charge >= 0.3 is 0 Å². The van der Waals surface area contributed by atoms with Crippen LogP contribution in [0.5, 0.6) is 0 Å². The van der Waals surface area contributed by atoms with Crippen LogP contribution in [0, 0.1) is 0 Å². The summed E-state index contributed by atoms with van der Waals surface area (Å²) in [5.74, 6) is -2.67. The minimum atomic E-state index is -5.47. The topological polar surface area (TPSA) is 338 Å². The van der Waals surface area contributed by atoms with E-state index in [9.17, 15) is 66.3 Å². The van der Waals surface area contributed by atoms with E-state index in [0.29, 0.717) is 18.2 Å². The fourth-order valence-corrected chi connectivity index (χ4v) is 9.43. The Morgan fingerprint density at radius 1 is 0.683 bits per heavy atom. The molecule has 4 aromatic carbocycles. The number of fused-ring (bicyclic) bond motifs is 2. The highest BCUT2D eigenvalue weighted by molar-refractivity contribution is 7.87. The van der Waals surface area contributed by atoms with Gasteiger partial charge in [-0.1, -0.05) is 36.4 Å². The molecule has 60 heavy (non-hydrogen) atoms. The monoisotopic (exact) mass is 938 g/mol. The van der Waals surface area contributed by atoms with E-state index in [1.807, 2.05) is 0 Å². The van der Waals surface area contributed by atoms with Crippen molar-refractivity contribution >= 4 is 109 Å². The summed E-state index contributed by atoms with van der Waals surface area (Å²) in [6.45, 7) is 0. The van der Waals surface area contributed by atoms with Crippen molar-refractivity contribution in [3.8, 4) is 11.1 Å². The van der Waals surface area contributed by atoms with Crippen LogP contribution in [-0.4, -0.2) is 90.4 Å². The van der Waals surface area contributed by atoms with Gasteiger partial charge in [0.05, 0.1) is 38.6 Å². The first-order valence-electron chi connectivity index (χ1n) is 16.0. The van der Waals surface area contributed by atoms with Crippen molar-refractivity contribution in [2.75, 3.05) is 17.3 Å². The van der Waals surface area contributed by atoms with Gasteiger partial charge in [0, 0.05) is 29.1 Å². The number of rotatable bonds is 10. The van der Waals surface area contributed by atoms with Gasteiger partial charge in [-0.05, 0) is 59.1 Å². The second kappa shape index (κ2) is 14.5. The van der Waals surface area contributed by atoms with E-state index in [0.717, 1.165) is 36.2 Å². The molecule has 0 saturated heterocycles. The van der Waals surface area contributed by atoms with Crippen LogP contribution >= 0.6 is 23.2 Å². The van der Waals surface area contributed by atoms with Gasteiger partial charge in [0.15, 0.2) is 11.6 Å². The molecule has 2 aromatic heterocycles. The quantitative estimate of drug-likeness (QED) is 0.0834. The predicted molar refractivity (Wildman–Crippen MR) is 210 cm³/mol. The Bertz CT molecular complexity index is 3450. The second-order valence-electron chi connectivity index (χ2n) is 12.6. The fourth-order valence-electron chi connectivity index (χ4n) is 6.49. The number of carbonyl (C=O) groups excluding carboxylic acids is 2. The Morgan fingerprint density at radius 3 is 1.85 bits per heavy atom. The minimum Gasteiger partial charge on any atom is -0.354 e. The number of nitrogens with zero attached hydrogens (tertiary/aromatic N) is 4. The number of hydrogen-bond donors (Lipinski definition) is 6. The van der Waals surface area contributed by atoms with E-state index in [1.165, 1.54) is 24.3 Å². The molecular formula is C33H20Cl2N6O15S4. The van der Waals surface area contributed by atoms with Crippen LogP contribution in [0.3, 0.4) is 0 Å². The van der Waals surface area contributed by atoms with Gasteiger partial charge in [-0.15, -0.1) is 0 Å². The maximum Gasteiger partial charge on any atom is 0.296 e. The molecule has 2 heterocycles. The Balaban J connectivity index is 1.58. The molecule has 1 aliphatic rings. The average molecular weight is 940 g/mol. The number of benzene rings is 4. The summed E-state index contributed by atoms with van der Waals surface area (Å²) >= 11 is 11.7. The first-order valence-corrected chi connectivity index (χ1v) is 22.5. The lowest BCUT2D eigenvalue weighted by Gasteiger charge is -2.26. The van der Waals surface area contributed by atoms with Gasteiger partial charge in [-0.2, -0.15) is 48.6 Å². The molecule has 0 atom stereocenters. The predicted octanol–water partition coefficient (Wildman–Crippen LogP) is 3.96. The third-order valence-corrected chi connectivity index (χ3v) is 12.8. The summed E-state index contributed by atoms with van der Waals surface area (Å²) < 4.78 is 142. The molecule has 0 aliphatic heterocycles. The van der Waals surface area contributed by atoms with E-state index in [1.54, 1.807) is 0 Å². The van der Waals surface area contributed by atoms with Crippen LogP contribution in [0.2, 0.25) is 10.6 Å². The minimum absolute atomic E-state index is 0.142. The normalized spacial score (nSPS) is 12.9. The number of pyridine rings is 1. The van der Waals surface area contributed by atoms with Crippen molar-refractivity contribution < 1.29 is 61.5 Å². The summed E-state index contributed by atoms with van der Waals surface area (Å²) in [6, 6.07) is 10.7. The number of anilines is 4. The second-order valence-corrected chi connectivity index (χ2v) is 18.8. The van der Waals surface area contributed by atoms with Crippen molar-refractivity contribution in [1.29, 1.82) is 0 Å². The highest BCUT2D eigenvalue weighted by Crippen LogP contribution is 2.47. The van der Waals surface area contributed by atoms with Gasteiger partial charge in [0.2, 0.25) is 16.5 Å². The molecule has 0 saturated carbocycles. The van der Waals surface area contributed by atoms with Crippen LogP contribution < -0.4 is 15.8 Å². The maximum absolute atomic E-state index is 14.4. The maximum atomic E-state index is 14.4. The van der Waals surface area contributed by atoms with Crippen molar-refractivity contribution in [3.05, 3.63) is 110 Å². The fraction of sp³-hybridized carbons (Fsp3) is 0.0303. The van der Waals surface area contributed by atoms with Crippen LogP contribution in [0.4, 0.5) is 23.0 Å². The molecule has 0 spiro atoms. The van der Waals surface area contributed by atoms with E-state index in [2.05, 4.69) is 25.3 Å². The van der Waals surface area contributed by atoms with Crippen molar-refractivity contribution in [2.45, 2.75) is 19.6 Å². The van der Waals surface area contributed by atoms with Gasteiger partial charge < -0.3 is 15.2 Å². The van der Waals surface area contributed by atoms with Crippen LogP contribution in [0.1, 0.15) is 31.8 Å². The number of H-pyrrole nitrogens is 1. The van der Waals surface area contributed by atoms with E-state index in [-0.39, 0.29) is 11.1 Å². The molecule has 6 N–H and O–H groups in total. The smallest absolute Gasteiger partial charge is 0.296 e. The number of aromatic amines is 1. The molecular weight excluding hydrogens is 920 g/mol. The molecule has 310 valence electrons. The number of ketones is 2. The number of carbonyl (C=O) groups is 2. The van der Waals surface area contributed by atoms with Crippen LogP contribution in [0.15, 0.2) is 91.1 Å². The lowest BCUT2D eigenvalue weighted by molar-refractivity contribution is 0.102. The Morgan fingerprint density at radius 2 is 1.27 bits per heavy atom. The van der Waals surface area contributed by atoms with Crippen LogP contribution in [-0.2, 0) is 40.5 Å². The van der Waals surface area contributed by atoms with Gasteiger partial charge in [0.25, 0.3) is 46.0 Å². The summed E-state index contributed by atoms with van der Waals surface area (Å²) in [4.78, 5) is 52.4. The molecule has 1 aliphatic carbocycles. The third-order valence-electron chi connectivity index (χ3n) is 8.94. The zero-order chi connectivity index (χ0) is 44.0. The summed E-state index contributed by atoms with van der Waals surface area (Å²) in [5.41, 5.74) is -7.15. The largest absolute Gasteiger partial charge is 0.354 e. The Hall–Kier alpha value is -5.74. The standard InChI is InChI=1S/C33H20Cl2N6O15S4/c1-41(33-39-31(34)38-32(35)40-33)19-12-20(58(48,49)50)17(10-21(19)59(51,52)53)36-18-11-22(60(54,55)56)27-25-23(15-7-2-3-8-16(15)29(43)24(18)25)26(30(44)37-27)28(42)13-5-4-6-14(9-13)57(45,46)47/h2-12,36H,1H3,(H,37,44)(H,45,46,47)(H,48,49,50)(H,51,52,53)(H,54,55,56). The number of halogens is 2. The summed E-state index contributed by atoms with van der Waals surface area (Å²) in [5, 5.41) is 0.853. The molecule has 0 bridgehead atoms. The Labute approximate surface area is 346 Å². The highest BCUT2D eigenvalue weighted by Gasteiger charge is 2.37. The molecule has 0 amide bonds. The molecule has 0 unspecified atom stereocenters. The van der Waals surface area contributed by atoms with Gasteiger partial charge in [0.1, 0.15) is 14.7 Å². The van der Waals surface area contributed by atoms with Crippen molar-refractivity contribution in [2.24, 2.45) is 0 Å². The van der Waals surface area contributed by atoms with E-state index < -0.39 is 144 Å². The summed E-state index contributed by atoms with van der Waals surface area (Å²) in [6.07, 6.45) is 0. The molecule has 0 radical (unpaired) electrons. The number of aromatic nitrogens is 4. The van der Waals surface area contributed by atoms with Gasteiger partial charge in [-0.3, -0.25) is 32.6 Å². The molecule has 6 aromatic rings. The molecule has 0 fully saturated rings. The first-order chi connectivity index (χ1) is 27.8. The first kappa shape index (κ1) is 42.4. The number of nitrogens with one attached hydrogen (secondary N) is 2. The SMILES string of the molecule is CN(c1nc(Cl)nc(Cl)n1)c1cc(S(=O)(=O)O)c(Nc2cc(S(=O)(=O)O)c3[nH]c(=O)c(C(=O)c4cccc(S(=O)(=O)O)c4)c4c3c2C(=O)c2ccccc2-4)cc1S(=O)(=O)O. The average Bonchev–Trinajstić information content (AvgIpc) is 3.14. The van der Waals surface area contributed by atoms with Crippen molar-refractivity contribution in [3.63, 3.8) is 0 Å². The van der Waals surface area contributed by atoms with E-state index >= 15 is 0 Å². The lowest BCUT2D eigenvalue weighted by Crippen LogP contribution is -2.25. The van der Waals surface area contributed by atoms with Crippen LogP contribution in [0.25, 0.3) is 22.0 Å². The Kier molecular flexibility index (Phi) is 10.2. The summed E-state index contributed by atoms with van der Waals surface area (Å²) in [7, 11) is -20.1. The zero-order valence-corrected chi connectivity index (χ0v) is 34.1. The zero-order valence-electron chi connectivity index (χ0n) is 29.3. The number of hydrogen-bond acceptors (Lipinski definition) is 16. The third kappa shape index (κ3) is 7.51. The molecule has 7 rings (SSSR count). The molecule has 27 heteroatoms. The van der Waals surface area contributed by atoms with E-state index in [4.69, 9.17) is 23.2 Å². The van der Waals surface area contributed by atoms with Gasteiger partial charge in [-0.25, -0.2) is 0 Å². The molecule has 21 nitrogen and oxygen atoms in total. The van der Waals surface area contributed by atoms with Crippen molar-refractivity contribution in [1.82, 2.24) is 19.9 Å². The lowest BCUT2D eigenvalue weighted by atomic mass is 9.80. The highest BCUT2D eigenvalue weighted by atomic mass is 35.5.